The quantitative estimate of drug-likeness (QED) is 0.610. The van der Waals surface area contributed by atoms with Crippen LogP contribution in [0.15, 0.2) is 23.8 Å². The van der Waals surface area contributed by atoms with E-state index in [1.165, 1.54) is 30.4 Å². The van der Waals surface area contributed by atoms with E-state index in [0.717, 1.165) is 6.42 Å². The molecule has 0 aromatic rings. The zero-order valence-corrected chi connectivity index (χ0v) is 10.7. The molecule has 88 valence electrons. The van der Waals surface area contributed by atoms with Crippen molar-refractivity contribution in [2.75, 3.05) is 0 Å². The van der Waals surface area contributed by atoms with Gasteiger partial charge in [-0.2, -0.15) is 0 Å². The number of allylic oxidation sites excluding steroid dienone is 3. The van der Waals surface area contributed by atoms with Gasteiger partial charge in [0.05, 0.1) is 0 Å². The van der Waals surface area contributed by atoms with E-state index in [1.54, 1.807) is 0 Å². The van der Waals surface area contributed by atoms with Gasteiger partial charge in [0.1, 0.15) is 0 Å². The zero-order valence-electron chi connectivity index (χ0n) is 10.7. The number of rotatable bonds is 1. The van der Waals surface area contributed by atoms with Crippen molar-refractivity contribution < 1.29 is 4.79 Å². The summed E-state index contributed by atoms with van der Waals surface area (Å²) in [6.45, 7) is 10.7. The Morgan fingerprint density at radius 1 is 1.56 bits per heavy atom. The van der Waals surface area contributed by atoms with E-state index in [1.807, 2.05) is 6.08 Å². The number of carbonyl (C=O) groups excluding carboxylic acids is 1. The summed E-state index contributed by atoms with van der Waals surface area (Å²) in [4.78, 5) is 11.7. The molecule has 0 N–H and O–H groups in total. The van der Waals surface area contributed by atoms with Crippen LogP contribution in [0.2, 0.25) is 0 Å². The predicted octanol–water partition coefficient (Wildman–Crippen LogP) is 3.90. The van der Waals surface area contributed by atoms with Crippen LogP contribution in [0.4, 0.5) is 0 Å². The summed E-state index contributed by atoms with van der Waals surface area (Å²) in [5.74, 6) is 1.58. The Balaban J connectivity index is 2.26. The Morgan fingerprint density at radius 2 is 2.25 bits per heavy atom. The molecule has 1 fully saturated rings. The number of carbonyl (C=O) groups is 1. The van der Waals surface area contributed by atoms with Crippen molar-refractivity contribution in [1.29, 1.82) is 0 Å². The summed E-state index contributed by atoms with van der Waals surface area (Å²) >= 11 is 0. The second-order valence-corrected chi connectivity index (χ2v) is 6.06. The summed E-state index contributed by atoms with van der Waals surface area (Å²) in [6.07, 6.45) is 6.20. The van der Waals surface area contributed by atoms with E-state index < -0.39 is 0 Å². The van der Waals surface area contributed by atoms with Crippen LogP contribution in [-0.2, 0) is 4.79 Å². The van der Waals surface area contributed by atoms with Gasteiger partial charge in [-0.1, -0.05) is 24.6 Å². The summed E-state index contributed by atoms with van der Waals surface area (Å²) in [6, 6.07) is 0. The predicted molar refractivity (Wildman–Crippen MR) is 67.1 cm³/mol. The summed E-state index contributed by atoms with van der Waals surface area (Å²) in [5.41, 5.74) is 2.83. The maximum atomic E-state index is 11.7. The molecule has 0 heterocycles. The molecule has 0 amide bonds. The first-order valence-corrected chi connectivity index (χ1v) is 6.29. The number of fused-ring (bicyclic) bond motifs is 1. The summed E-state index contributed by atoms with van der Waals surface area (Å²) < 4.78 is 0. The molecule has 2 rings (SSSR count). The van der Waals surface area contributed by atoms with Gasteiger partial charge in [0.15, 0.2) is 5.78 Å². The van der Waals surface area contributed by atoms with Crippen LogP contribution in [-0.4, -0.2) is 5.78 Å². The van der Waals surface area contributed by atoms with Gasteiger partial charge in [-0.05, 0) is 56.4 Å². The molecule has 2 aliphatic rings. The van der Waals surface area contributed by atoms with Crippen molar-refractivity contribution in [2.45, 2.75) is 46.5 Å². The number of hydrogen-bond donors (Lipinski definition) is 0. The third kappa shape index (κ3) is 1.88. The highest BCUT2D eigenvalue weighted by Gasteiger charge is 2.43. The first kappa shape index (κ1) is 11.6. The SMILES string of the molecule is C=C(C)[C@@H]1CC[C@]2(C)CC(=O)C=C(C)[C@@H]2C1. The Kier molecular flexibility index (Phi) is 2.81. The van der Waals surface area contributed by atoms with Crippen LogP contribution in [0.5, 0.6) is 0 Å². The molecular formula is C15H22O. The molecule has 0 unspecified atom stereocenters. The van der Waals surface area contributed by atoms with Crippen LogP contribution in [0.1, 0.15) is 46.5 Å². The highest BCUT2D eigenvalue weighted by molar-refractivity contribution is 5.92. The standard InChI is InChI=1S/C15H22O/c1-10(2)12-5-6-15(4)9-13(16)7-11(3)14(15)8-12/h7,12,14H,1,5-6,8-9H2,2-4H3/t12-,14+,15-/m1/s1. The van der Waals surface area contributed by atoms with Gasteiger partial charge in [0.2, 0.25) is 0 Å². The van der Waals surface area contributed by atoms with E-state index in [0.29, 0.717) is 17.6 Å². The minimum Gasteiger partial charge on any atom is -0.295 e. The van der Waals surface area contributed by atoms with E-state index >= 15 is 0 Å². The van der Waals surface area contributed by atoms with Gasteiger partial charge in [-0.25, -0.2) is 0 Å². The number of ketones is 1. The molecule has 1 saturated carbocycles. The fourth-order valence-electron chi connectivity index (χ4n) is 3.56. The van der Waals surface area contributed by atoms with Gasteiger partial charge < -0.3 is 0 Å². The average Bonchev–Trinajstić information content (AvgIpc) is 2.15. The molecule has 0 aliphatic heterocycles. The van der Waals surface area contributed by atoms with Crippen molar-refractivity contribution in [2.24, 2.45) is 17.3 Å². The molecule has 0 spiro atoms. The highest BCUT2D eigenvalue weighted by Crippen LogP contribution is 2.52. The highest BCUT2D eigenvalue weighted by atomic mass is 16.1. The van der Waals surface area contributed by atoms with Gasteiger partial charge in [-0.15, -0.1) is 0 Å². The van der Waals surface area contributed by atoms with Gasteiger partial charge in [-0.3, -0.25) is 4.79 Å². The lowest BCUT2D eigenvalue weighted by atomic mass is 9.57. The summed E-state index contributed by atoms with van der Waals surface area (Å²) in [7, 11) is 0. The van der Waals surface area contributed by atoms with Crippen LogP contribution in [0.25, 0.3) is 0 Å². The number of hydrogen-bond acceptors (Lipinski definition) is 1. The smallest absolute Gasteiger partial charge is 0.156 e. The minimum atomic E-state index is 0.224. The van der Waals surface area contributed by atoms with Crippen LogP contribution in [0.3, 0.4) is 0 Å². The molecule has 0 aromatic carbocycles. The third-order valence-electron chi connectivity index (χ3n) is 4.64. The molecule has 1 heteroatoms. The third-order valence-corrected chi connectivity index (χ3v) is 4.64. The maximum absolute atomic E-state index is 11.7. The molecule has 3 atom stereocenters. The van der Waals surface area contributed by atoms with E-state index in [2.05, 4.69) is 27.4 Å². The molecule has 2 aliphatic carbocycles. The van der Waals surface area contributed by atoms with E-state index in [4.69, 9.17) is 0 Å². The van der Waals surface area contributed by atoms with Gasteiger partial charge in [0.25, 0.3) is 0 Å². The van der Waals surface area contributed by atoms with Crippen LogP contribution < -0.4 is 0 Å². The minimum absolute atomic E-state index is 0.224. The second kappa shape index (κ2) is 3.87. The first-order valence-electron chi connectivity index (χ1n) is 6.29. The van der Waals surface area contributed by atoms with Crippen molar-refractivity contribution in [3.8, 4) is 0 Å². The topological polar surface area (TPSA) is 17.1 Å². The van der Waals surface area contributed by atoms with Crippen LogP contribution in [0, 0.1) is 17.3 Å². The fourth-order valence-corrected chi connectivity index (χ4v) is 3.56. The van der Waals surface area contributed by atoms with E-state index in [-0.39, 0.29) is 5.41 Å². The Morgan fingerprint density at radius 3 is 2.88 bits per heavy atom. The fraction of sp³-hybridized carbons (Fsp3) is 0.667. The molecule has 0 aromatic heterocycles. The molecule has 0 radical (unpaired) electrons. The average molecular weight is 218 g/mol. The zero-order chi connectivity index (χ0) is 11.9. The Bertz CT molecular complexity index is 364. The lowest BCUT2D eigenvalue weighted by Gasteiger charge is -2.47. The largest absolute Gasteiger partial charge is 0.295 e. The molecule has 0 saturated heterocycles. The normalized spacial score (nSPS) is 38.9. The van der Waals surface area contributed by atoms with Crippen molar-refractivity contribution >= 4 is 5.78 Å². The molecular weight excluding hydrogens is 196 g/mol. The molecule has 16 heavy (non-hydrogen) atoms. The monoisotopic (exact) mass is 218 g/mol. The lowest BCUT2D eigenvalue weighted by Crippen LogP contribution is -2.39. The van der Waals surface area contributed by atoms with Gasteiger partial charge >= 0.3 is 0 Å². The summed E-state index contributed by atoms with van der Waals surface area (Å²) in [5, 5.41) is 0. The first-order chi connectivity index (χ1) is 7.42. The Hall–Kier alpha value is -0.850. The van der Waals surface area contributed by atoms with Gasteiger partial charge in [0, 0.05) is 6.42 Å². The molecule has 1 nitrogen and oxygen atoms in total. The van der Waals surface area contributed by atoms with Crippen molar-refractivity contribution in [1.82, 2.24) is 0 Å². The second-order valence-electron chi connectivity index (χ2n) is 6.06. The van der Waals surface area contributed by atoms with Crippen molar-refractivity contribution in [3.05, 3.63) is 23.8 Å². The Labute approximate surface area is 98.6 Å². The van der Waals surface area contributed by atoms with Crippen molar-refractivity contribution in [3.63, 3.8) is 0 Å². The lowest BCUT2D eigenvalue weighted by molar-refractivity contribution is -0.119. The van der Waals surface area contributed by atoms with E-state index in [9.17, 15) is 4.79 Å². The molecule has 0 bridgehead atoms. The maximum Gasteiger partial charge on any atom is 0.156 e. The van der Waals surface area contributed by atoms with Crippen LogP contribution >= 0.6 is 0 Å².